The summed E-state index contributed by atoms with van der Waals surface area (Å²) in [4.78, 5) is 36.6. The number of carbonyl (C=O) groups excluding carboxylic acids is 2. The van der Waals surface area contributed by atoms with Gasteiger partial charge in [0.1, 0.15) is 5.69 Å². The van der Waals surface area contributed by atoms with E-state index in [1.54, 1.807) is 18.1 Å². The van der Waals surface area contributed by atoms with Crippen molar-refractivity contribution in [2.75, 3.05) is 26.7 Å². The van der Waals surface area contributed by atoms with E-state index in [0.717, 1.165) is 25.7 Å². The second kappa shape index (κ2) is 7.46. The van der Waals surface area contributed by atoms with Crippen molar-refractivity contribution < 1.29 is 14.1 Å². The summed E-state index contributed by atoms with van der Waals surface area (Å²) < 4.78 is 5.43. The van der Waals surface area contributed by atoms with Crippen LogP contribution in [-0.2, 0) is 9.59 Å². The second-order valence-electron chi connectivity index (χ2n) is 7.29. The maximum absolute atomic E-state index is 12.5. The smallest absolute Gasteiger partial charge is 0.242 e. The Kier molecular flexibility index (Phi) is 4.87. The van der Waals surface area contributed by atoms with Gasteiger partial charge in [-0.1, -0.05) is 11.2 Å². The molecule has 3 heterocycles. The van der Waals surface area contributed by atoms with Gasteiger partial charge < -0.3 is 14.3 Å². The van der Waals surface area contributed by atoms with Crippen molar-refractivity contribution in [3.63, 3.8) is 0 Å². The lowest BCUT2D eigenvalue weighted by atomic mass is 9.96. The van der Waals surface area contributed by atoms with E-state index in [1.165, 1.54) is 0 Å². The molecule has 0 aromatic carbocycles. The first-order valence-corrected chi connectivity index (χ1v) is 9.39. The Morgan fingerprint density at radius 3 is 2.67 bits per heavy atom. The number of piperidine rings is 1. The zero-order chi connectivity index (χ0) is 18.8. The highest BCUT2D eigenvalue weighted by atomic mass is 16.5. The number of hydrogen-bond donors (Lipinski definition) is 0. The summed E-state index contributed by atoms with van der Waals surface area (Å²) in [7, 11) is 1.71. The second-order valence-corrected chi connectivity index (χ2v) is 7.29. The number of pyridine rings is 1. The molecule has 27 heavy (non-hydrogen) atoms. The van der Waals surface area contributed by atoms with E-state index in [4.69, 9.17) is 4.52 Å². The van der Waals surface area contributed by atoms with Gasteiger partial charge in [-0.2, -0.15) is 4.98 Å². The molecular formula is C19H23N5O3. The van der Waals surface area contributed by atoms with Crippen LogP contribution in [0.15, 0.2) is 28.9 Å². The van der Waals surface area contributed by atoms with Gasteiger partial charge in [0.05, 0.1) is 6.54 Å². The average molecular weight is 369 g/mol. The first-order chi connectivity index (χ1) is 13.1. The van der Waals surface area contributed by atoms with Crippen molar-refractivity contribution in [1.82, 2.24) is 24.9 Å². The molecule has 2 amide bonds. The lowest BCUT2D eigenvalue weighted by Crippen LogP contribution is -2.44. The molecule has 2 aliphatic rings. The van der Waals surface area contributed by atoms with Crippen LogP contribution in [0.2, 0.25) is 0 Å². The van der Waals surface area contributed by atoms with Crippen LogP contribution in [0.5, 0.6) is 0 Å². The van der Waals surface area contributed by atoms with E-state index in [-0.39, 0.29) is 30.2 Å². The first-order valence-electron chi connectivity index (χ1n) is 9.39. The third kappa shape index (κ3) is 3.99. The van der Waals surface area contributed by atoms with Crippen LogP contribution < -0.4 is 0 Å². The fourth-order valence-corrected chi connectivity index (χ4v) is 3.40. The van der Waals surface area contributed by atoms with Gasteiger partial charge in [-0.25, -0.2) is 0 Å². The fraction of sp³-hybridized carbons (Fsp3) is 0.526. The summed E-state index contributed by atoms with van der Waals surface area (Å²) in [5.41, 5.74) is 0.684. The van der Waals surface area contributed by atoms with Crippen LogP contribution >= 0.6 is 0 Å². The molecule has 1 saturated heterocycles. The van der Waals surface area contributed by atoms with Gasteiger partial charge in [-0.3, -0.25) is 14.6 Å². The molecular weight excluding hydrogens is 346 g/mol. The van der Waals surface area contributed by atoms with E-state index in [0.29, 0.717) is 30.5 Å². The highest BCUT2D eigenvalue weighted by molar-refractivity contribution is 5.86. The summed E-state index contributed by atoms with van der Waals surface area (Å²) in [5, 5.41) is 4.02. The van der Waals surface area contributed by atoms with Crippen molar-refractivity contribution in [3.8, 4) is 11.5 Å². The molecule has 1 saturated carbocycles. The predicted octanol–water partition coefficient (Wildman–Crippen LogP) is 1.71. The van der Waals surface area contributed by atoms with Crippen LogP contribution in [0, 0.1) is 5.92 Å². The molecule has 0 bridgehead atoms. The topological polar surface area (TPSA) is 92.4 Å². The number of likely N-dealkylation sites (N-methyl/N-ethyl adjacent to an activating group) is 1. The zero-order valence-corrected chi connectivity index (χ0v) is 15.4. The molecule has 2 aromatic rings. The van der Waals surface area contributed by atoms with E-state index in [9.17, 15) is 9.59 Å². The number of amides is 2. The molecule has 2 fully saturated rings. The van der Waals surface area contributed by atoms with E-state index in [2.05, 4.69) is 15.1 Å². The van der Waals surface area contributed by atoms with E-state index < -0.39 is 0 Å². The molecule has 1 aliphatic heterocycles. The Labute approximate surface area is 157 Å². The summed E-state index contributed by atoms with van der Waals surface area (Å²) in [6.07, 6.45) is 5.15. The van der Waals surface area contributed by atoms with Gasteiger partial charge in [0.15, 0.2) is 0 Å². The Morgan fingerprint density at radius 1 is 1.22 bits per heavy atom. The molecule has 4 rings (SSSR count). The highest BCUT2D eigenvalue weighted by Gasteiger charge is 2.34. The molecule has 0 spiro atoms. The van der Waals surface area contributed by atoms with Gasteiger partial charge in [0, 0.05) is 38.2 Å². The van der Waals surface area contributed by atoms with Gasteiger partial charge in [-0.05, 0) is 37.8 Å². The molecule has 1 aliphatic carbocycles. The van der Waals surface area contributed by atoms with Crippen molar-refractivity contribution in [2.24, 2.45) is 5.92 Å². The molecule has 0 N–H and O–H groups in total. The lowest BCUT2D eigenvalue weighted by Gasteiger charge is -2.31. The molecule has 8 nitrogen and oxygen atoms in total. The van der Waals surface area contributed by atoms with Gasteiger partial charge in [-0.15, -0.1) is 0 Å². The van der Waals surface area contributed by atoms with Crippen LogP contribution in [0.3, 0.4) is 0 Å². The summed E-state index contributed by atoms with van der Waals surface area (Å²) >= 11 is 0. The third-order valence-electron chi connectivity index (χ3n) is 5.21. The Bertz CT molecular complexity index is 810. The standard InChI is InChI=1S/C19H23N5O3/c1-23(19(26)14-5-6-14)12-16(25)24-10-7-13(8-11-24)18-21-17(22-27-18)15-4-2-3-9-20-15/h2-4,9,13-14H,5-8,10-12H2,1H3. The molecule has 2 aromatic heterocycles. The van der Waals surface area contributed by atoms with Crippen molar-refractivity contribution in [2.45, 2.75) is 31.6 Å². The first kappa shape index (κ1) is 17.6. The van der Waals surface area contributed by atoms with Gasteiger partial charge in [0.25, 0.3) is 0 Å². The minimum Gasteiger partial charge on any atom is -0.341 e. The van der Waals surface area contributed by atoms with Crippen molar-refractivity contribution in [1.29, 1.82) is 0 Å². The van der Waals surface area contributed by atoms with Crippen LogP contribution in [0.25, 0.3) is 11.5 Å². The van der Waals surface area contributed by atoms with Crippen LogP contribution in [-0.4, -0.2) is 63.4 Å². The van der Waals surface area contributed by atoms with E-state index >= 15 is 0 Å². The third-order valence-corrected chi connectivity index (χ3v) is 5.21. The van der Waals surface area contributed by atoms with Crippen molar-refractivity contribution in [3.05, 3.63) is 30.3 Å². The summed E-state index contributed by atoms with van der Waals surface area (Å²) in [5.74, 6) is 1.47. The quantitative estimate of drug-likeness (QED) is 0.797. The Balaban J connectivity index is 1.30. The maximum atomic E-state index is 12.5. The SMILES string of the molecule is CN(CC(=O)N1CCC(c2nc(-c3ccccn3)no2)CC1)C(=O)C1CC1. The monoisotopic (exact) mass is 369 g/mol. The fourth-order valence-electron chi connectivity index (χ4n) is 3.40. The molecule has 0 radical (unpaired) electrons. The normalized spacial score (nSPS) is 17.7. The number of aromatic nitrogens is 3. The van der Waals surface area contributed by atoms with Crippen LogP contribution in [0.4, 0.5) is 0 Å². The largest absolute Gasteiger partial charge is 0.341 e. The maximum Gasteiger partial charge on any atom is 0.242 e. The average Bonchev–Trinajstić information content (AvgIpc) is 3.44. The molecule has 0 atom stereocenters. The molecule has 0 unspecified atom stereocenters. The summed E-state index contributed by atoms with van der Waals surface area (Å²) in [6, 6.07) is 5.57. The zero-order valence-electron chi connectivity index (χ0n) is 15.4. The number of rotatable bonds is 5. The Hall–Kier alpha value is -2.77. The van der Waals surface area contributed by atoms with Crippen LogP contribution in [0.1, 0.15) is 37.5 Å². The minimum absolute atomic E-state index is 0.00431. The Morgan fingerprint density at radius 2 is 2.00 bits per heavy atom. The molecule has 8 heteroatoms. The number of nitrogens with zero attached hydrogens (tertiary/aromatic N) is 5. The number of likely N-dealkylation sites (tertiary alicyclic amines) is 1. The molecule has 142 valence electrons. The van der Waals surface area contributed by atoms with E-state index in [1.807, 2.05) is 23.1 Å². The van der Waals surface area contributed by atoms with Crippen molar-refractivity contribution >= 4 is 11.8 Å². The number of hydrogen-bond acceptors (Lipinski definition) is 6. The van der Waals surface area contributed by atoms with Gasteiger partial charge >= 0.3 is 0 Å². The minimum atomic E-state index is 0.00431. The lowest BCUT2D eigenvalue weighted by molar-refractivity contribution is -0.140. The summed E-state index contributed by atoms with van der Waals surface area (Å²) in [6.45, 7) is 1.43. The van der Waals surface area contributed by atoms with Gasteiger partial charge in [0.2, 0.25) is 23.5 Å². The highest BCUT2D eigenvalue weighted by Crippen LogP contribution is 2.31. The predicted molar refractivity (Wildman–Crippen MR) is 96.4 cm³/mol. The number of carbonyl (C=O) groups is 2.